The summed E-state index contributed by atoms with van der Waals surface area (Å²) in [6.45, 7) is 2.54. The summed E-state index contributed by atoms with van der Waals surface area (Å²) in [5.41, 5.74) is 6.96. The average molecular weight is 195 g/mol. The highest BCUT2D eigenvalue weighted by molar-refractivity contribution is 5.24. The number of nitrogens with two attached hydrogens (primary N) is 1. The first-order chi connectivity index (χ1) is 6.75. The van der Waals surface area contributed by atoms with Crippen molar-refractivity contribution in [2.75, 3.05) is 6.54 Å². The van der Waals surface area contributed by atoms with Gasteiger partial charge in [-0.2, -0.15) is 0 Å². The van der Waals surface area contributed by atoms with Crippen LogP contribution in [0.15, 0.2) is 18.2 Å². The summed E-state index contributed by atoms with van der Waals surface area (Å²) in [4.78, 5) is 0. The molecule has 0 aliphatic heterocycles. The van der Waals surface area contributed by atoms with Crippen molar-refractivity contribution in [3.8, 4) is 0 Å². The maximum absolute atomic E-state index is 13.5. The molecule has 1 nitrogen and oxygen atoms in total. The highest BCUT2D eigenvalue weighted by Gasteiger charge is 2.03. The van der Waals surface area contributed by atoms with Crippen LogP contribution in [0.5, 0.6) is 0 Å². The van der Waals surface area contributed by atoms with Crippen LogP contribution < -0.4 is 5.73 Å². The number of hydrogen-bond acceptors (Lipinski definition) is 1. The Hall–Kier alpha value is -0.890. The van der Waals surface area contributed by atoms with Crippen molar-refractivity contribution in [1.29, 1.82) is 0 Å². The molecule has 2 heteroatoms. The van der Waals surface area contributed by atoms with Gasteiger partial charge >= 0.3 is 0 Å². The predicted molar refractivity (Wildman–Crippen MR) is 57.7 cm³/mol. The Morgan fingerprint density at radius 1 is 1.21 bits per heavy atom. The number of rotatable bonds is 5. The van der Waals surface area contributed by atoms with Gasteiger partial charge < -0.3 is 5.73 Å². The molecule has 1 rings (SSSR count). The number of aryl methyl sites for hydroxylation is 2. The van der Waals surface area contributed by atoms with Crippen LogP contribution in [0.3, 0.4) is 0 Å². The van der Waals surface area contributed by atoms with Crippen molar-refractivity contribution in [2.24, 2.45) is 5.73 Å². The van der Waals surface area contributed by atoms with Crippen LogP contribution in [0.2, 0.25) is 0 Å². The van der Waals surface area contributed by atoms with E-state index in [4.69, 9.17) is 5.73 Å². The topological polar surface area (TPSA) is 26.0 Å². The molecule has 1 aromatic carbocycles. The second-order valence-electron chi connectivity index (χ2n) is 3.65. The Bertz CT molecular complexity index is 284. The minimum atomic E-state index is -0.0414. The van der Waals surface area contributed by atoms with Crippen LogP contribution in [0.25, 0.3) is 0 Å². The summed E-state index contributed by atoms with van der Waals surface area (Å²) in [6.07, 6.45) is 3.97. The second-order valence-corrected chi connectivity index (χ2v) is 3.65. The number of unbranched alkanes of at least 4 members (excludes halogenated alkanes) is 2. The summed E-state index contributed by atoms with van der Waals surface area (Å²) < 4.78 is 13.5. The van der Waals surface area contributed by atoms with E-state index in [1.807, 2.05) is 12.1 Å². The molecule has 14 heavy (non-hydrogen) atoms. The number of benzene rings is 1. The second kappa shape index (κ2) is 5.76. The molecular formula is C12H18FN. The lowest BCUT2D eigenvalue weighted by atomic mass is 10.0. The Morgan fingerprint density at radius 3 is 2.71 bits per heavy atom. The van der Waals surface area contributed by atoms with E-state index in [-0.39, 0.29) is 5.82 Å². The molecule has 0 aliphatic rings. The molecule has 1 aromatic rings. The molecule has 0 aromatic heterocycles. The molecule has 0 saturated heterocycles. The smallest absolute Gasteiger partial charge is 0.129 e. The molecule has 0 radical (unpaired) electrons. The molecule has 0 amide bonds. The van der Waals surface area contributed by atoms with Crippen molar-refractivity contribution in [2.45, 2.75) is 32.6 Å². The highest BCUT2D eigenvalue weighted by Crippen LogP contribution is 2.14. The Balaban J connectivity index is 2.46. The minimum absolute atomic E-state index is 0.0414. The van der Waals surface area contributed by atoms with Gasteiger partial charge in [-0.05, 0) is 43.9 Å². The fourth-order valence-electron chi connectivity index (χ4n) is 1.54. The van der Waals surface area contributed by atoms with Crippen molar-refractivity contribution in [3.63, 3.8) is 0 Å². The SMILES string of the molecule is Cc1cccc(CCCCCN)c1F. The third-order valence-electron chi connectivity index (χ3n) is 2.42. The largest absolute Gasteiger partial charge is 0.330 e. The van der Waals surface area contributed by atoms with E-state index in [2.05, 4.69) is 0 Å². The third kappa shape index (κ3) is 3.11. The zero-order chi connectivity index (χ0) is 10.4. The van der Waals surface area contributed by atoms with Crippen molar-refractivity contribution in [3.05, 3.63) is 35.1 Å². The first kappa shape index (κ1) is 11.2. The molecule has 0 bridgehead atoms. The third-order valence-corrected chi connectivity index (χ3v) is 2.42. The van der Waals surface area contributed by atoms with Gasteiger partial charge in [0.1, 0.15) is 5.82 Å². The van der Waals surface area contributed by atoms with E-state index in [0.717, 1.165) is 43.4 Å². The van der Waals surface area contributed by atoms with E-state index in [1.54, 1.807) is 13.0 Å². The molecule has 0 spiro atoms. The van der Waals surface area contributed by atoms with Crippen LogP contribution in [0, 0.1) is 12.7 Å². The lowest BCUT2D eigenvalue weighted by molar-refractivity contribution is 0.588. The van der Waals surface area contributed by atoms with E-state index in [1.165, 1.54) is 0 Å². The predicted octanol–water partition coefficient (Wildman–Crippen LogP) is 2.81. The molecule has 2 N–H and O–H groups in total. The molecule has 0 saturated carbocycles. The first-order valence-electron chi connectivity index (χ1n) is 5.19. The molecule has 0 heterocycles. The fraction of sp³-hybridized carbons (Fsp3) is 0.500. The van der Waals surface area contributed by atoms with Crippen LogP contribution in [0.1, 0.15) is 30.4 Å². The Morgan fingerprint density at radius 2 is 2.00 bits per heavy atom. The zero-order valence-corrected chi connectivity index (χ0v) is 8.72. The Labute approximate surface area is 85.1 Å². The lowest BCUT2D eigenvalue weighted by Gasteiger charge is -2.04. The van der Waals surface area contributed by atoms with Crippen LogP contribution in [0.4, 0.5) is 4.39 Å². The lowest BCUT2D eigenvalue weighted by Crippen LogP contribution is -1.99. The van der Waals surface area contributed by atoms with Crippen molar-refractivity contribution in [1.82, 2.24) is 0 Å². The summed E-state index contributed by atoms with van der Waals surface area (Å²) in [5.74, 6) is -0.0414. The number of halogens is 1. The standard InChI is InChI=1S/C12H18FN/c1-10-6-5-8-11(12(10)13)7-3-2-4-9-14/h5-6,8H,2-4,7,9,14H2,1H3. The maximum atomic E-state index is 13.5. The van der Waals surface area contributed by atoms with Crippen molar-refractivity contribution >= 4 is 0 Å². The van der Waals surface area contributed by atoms with Gasteiger partial charge in [-0.3, -0.25) is 0 Å². The van der Waals surface area contributed by atoms with E-state index in [9.17, 15) is 4.39 Å². The normalized spacial score (nSPS) is 10.5. The maximum Gasteiger partial charge on any atom is 0.129 e. The first-order valence-corrected chi connectivity index (χ1v) is 5.19. The molecule has 0 aliphatic carbocycles. The van der Waals surface area contributed by atoms with E-state index >= 15 is 0 Å². The number of hydrogen-bond donors (Lipinski definition) is 1. The average Bonchev–Trinajstić information content (AvgIpc) is 2.19. The van der Waals surface area contributed by atoms with Crippen LogP contribution in [-0.4, -0.2) is 6.54 Å². The zero-order valence-electron chi connectivity index (χ0n) is 8.72. The van der Waals surface area contributed by atoms with E-state index < -0.39 is 0 Å². The van der Waals surface area contributed by atoms with Crippen LogP contribution in [-0.2, 0) is 6.42 Å². The summed E-state index contributed by atoms with van der Waals surface area (Å²) >= 11 is 0. The quantitative estimate of drug-likeness (QED) is 0.718. The van der Waals surface area contributed by atoms with Gasteiger partial charge in [0, 0.05) is 0 Å². The van der Waals surface area contributed by atoms with Gasteiger partial charge in [0.05, 0.1) is 0 Å². The fourth-order valence-corrected chi connectivity index (χ4v) is 1.54. The molecule has 0 atom stereocenters. The molecule has 0 fully saturated rings. The highest BCUT2D eigenvalue weighted by atomic mass is 19.1. The van der Waals surface area contributed by atoms with Gasteiger partial charge in [-0.15, -0.1) is 0 Å². The van der Waals surface area contributed by atoms with Crippen LogP contribution >= 0.6 is 0 Å². The summed E-state index contributed by atoms with van der Waals surface area (Å²) in [6, 6.07) is 5.58. The van der Waals surface area contributed by atoms with Gasteiger partial charge in [-0.25, -0.2) is 4.39 Å². The Kier molecular flexibility index (Phi) is 4.60. The molecule has 78 valence electrons. The van der Waals surface area contributed by atoms with Crippen molar-refractivity contribution < 1.29 is 4.39 Å². The van der Waals surface area contributed by atoms with Gasteiger partial charge in [0.2, 0.25) is 0 Å². The molecular weight excluding hydrogens is 177 g/mol. The summed E-state index contributed by atoms with van der Waals surface area (Å²) in [5, 5.41) is 0. The minimum Gasteiger partial charge on any atom is -0.330 e. The van der Waals surface area contributed by atoms with Gasteiger partial charge in [0.25, 0.3) is 0 Å². The molecule has 0 unspecified atom stereocenters. The van der Waals surface area contributed by atoms with Gasteiger partial charge in [-0.1, -0.05) is 24.6 Å². The monoisotopic (exact) mass is 195 g/mol. The van der Waals surface area contributed by atoms with Gasteiger partial charge in [0.15, 0.2) is 0 Å². The summed E-state index contributed by atoms with van der Waals surface area (Å²) in [7, 11) is 0. The van der Waals surface area contributed by atoms with E-state index in [0.29, 0.717) is 0 Å².